The number of sulfonamides is 1. The molecule has 1 heterocycles. The molecule has 3 rings (SSSR count). The first kappa shape index (κ1) is 26.8. The summed E-state index contributed by atoms with van der Waals surface area (Å²) in [7, 11) is -2.55. The SMILES string of the molecule is COc1cc(Cl)ccc1C(=O)NCCc1ccc(S(=O)(=O)NC(=O)NN2CCC(C)(C)CC2)cc1. The van der Waals surface area contributed by atoms with E-state index in [1.807, 2.05) is 0 Å². The summed E-state index contributed by atoms with van der Waals surface area (Å²) in [5.41, 5.74) is 4.02. The van der Waals surface area contributed by atoms with Gasteiger partial charge in [-0.15, -0.1) is 0 Å². The predicted molar refractivity (Wildman–Crippen MR) is 134 cm³/mol. The Morgan fingerprint density at radius 3 is 2.37 bits per heavy atom. The van der Waals surface area contributed by atoms with Gasteiger partial charge in [-0.25, -0.2) is 22.9 Å². The highest BCUT2D eigenvalue weighted by atomic mass is 35.5. The molecule has 0 atom stereocenters. The van der Waals surface area contributed by atoms with Crippen LogP contribution < -0.4 is 20.2 Å². The van der Waals surface area contributed by atoms with Crippen molar-refractivity contribution in [2.45, 2.75) is 38.0 Å². The van der Waals surface area contributed by atoms with Crippen LogP contribution in [0.3, 0.4) is 0 Å². The number of carbonyl (C=O) groups is 2. The second kappa shape index (κ2) is 11.3. The van der Waals surface area contributed by atoms with Crippen molar-refractivity contribution in [3.05, 3.63) is 58.6 Å². The highest BCUT2D eigenvalue weighted by molar-refractivity contribution is 7.90. The molecule has 1 saturated heterocycles. The lowest BCUT2D eigenvalue weighted by Crippen LogP contribution is -2.52. The average Bonchev–Trinajstić information content (AvgIpc) is 2.80. The molecule has 1 aliphatic heterocycles. The van der Waals surface area contributed by atoms with Crippen molar-refractivity contribution in [3.8, 4) is 5.75 Å². The normalized spacial score (nSPS) is 15.8. The van der Waals surface area contributed by atoms with Crippen molar-refractivity contribution in [2.75, 3.05) is 26.7 Å². The van der Waals surface area contributed by atoms with Gasteiger partial charge in [0, 0.05) is 24.7 Å². The first-order valence-corrected chi connectivity index (χ1v) is 13.1. The van der Waals surface area contributed by atoms with Gasteiger partial charge in [0.1, 0.15) is 5.75 Å². The van der Waals surface area contributed by atoms with Gasteiger partial charge in [-0.1, -0.05) is 37.6 Å². The fraction of sp³-hybridized carbons (Fsp3) is 0.417. The number of ether oxygens (including phenoxy) is 1. The lowest BCUT2D eigenvalue weighted by Gasteiger charge is -2.36. The van der Waals surface area contributed by atoms with Crippen molar-refractivity contribution >= 4 is 33.6 Å². The van der Waals surface area contributed by atoms with Gasteiger partial charge < -0.3 is 10.1 Å². The second-order valence-electron chi connectivity index (χ2n) is 9.19. The van der Waals surface area contributed by atoms with Gasteiger partial charge in [0.25, 0.3) is 15.9 Å². The molecular weight excluding hydrogens is 492 g/mol. The van der Waals surface area contributed by atoms with Gasteiger partial charge in [-0.3, -0.25) is 10.2 Å². The van der Waals surface area contributed by atoms with Crippen molar-refractivity contribution in [1.29, 1.82) is 0 Å². The van der Waals surface area contributed by atoms with Gasteiger partial charge in [0.15, 0.2) is 0 Å². The van der Waals surface area contributed by atoms with E-state index in [0.29, 0.717) is 42.4 Å². The number of piperidine rings is 1. The third-order valence-electron chi connectivity index (χ3n) is 5.94. The number of methoxy groups -OCH3 is 1. The van der Waals surface area contributed by atoms with Crippen LogP contribution in [0.1, 0.15) is 42.6 Å². The highest BCUT2D eigenvalue weighted by Gasteiger charge is 2.27. The topological polar surface area (TPSA) is 117 Å². The summed E-state index contributed by atoms with van der Waals surface area (Å²) in [6.07, 6.45) is 2.31. The van der Waals surface area contributed by atoms with Crippen molar-refractivity contribution in [3.63, 3.8) is 0 Å². The Kier molecular flexibility index (Phi) is 8.63. The van der Waals surface area contributed by atoms with Crippen molar-refractivity contribution < 1.29 is 22.7 Å². The molecule has 2 aromatic carbocycles. The van der Waals surface area contributed by atoms with Crippen LogP contribution >= 0.6 is 11.6 Å². The Bertz CT molecular complexity index is 1160. The fourth-order valence-corrected chi connectivity index (χ4v) is 4.74. The summed E-state index contributed by atoms with van der Waals surface area (Å²) in [6.45, 7) is 6.00. The summed E-state index contributed by atoms with van der Waals surface area (Å²) >= 11 is 5.93. The molecule has 3 N–H and O–H groups in total. The molecule has 3 amide bonds. The molecule has 11 heteroatoms. The number of amides is 3. The molecule has 0 spiro atoms. The molecule has 1 aliphatic rings. The molecule has 0 bridgehead atoms. The fourth-order valence-electron chi connectivity index (χ4n) is 3.67. The van der Waals surface area contributed by atoms with Gasteiger partial charge >= 0.3 is 6.03 Å². The number of nitrogens with one attached hydrogen (secondary N) is 3. The van der Waals surface area contributed by atoms with Crippen LogP contribution in [0.5, 0.6) is 5.75 Å². The number of hydrazine groups is 1. The number of hydrogen-bond donors (Lipinski definition) is 3. The van der Waals surface area contributed by atoms with Crippen LogP contribution in [0.4, 0.5) is 4.79 Å². The number of urea groups is 1. The second-order valence-corrected chi connectivity index (χ2v) is 11.3. The Morgan fingerprint density at radius 1 is 1.09 bits per heavy atom. The maximum atomic E-state index is 12.6. The number of halogens is 1. The van der Waals surface area contributed by atoms with Crippen LogP contribution in [0.15, 0.2) is 47.4 Å². The minimum absolute atomic E-state index is 0.0221. The third kappa shape index (κ3) is 7.58. The van der Waals surface area contributed by atoms with Crippen LogP contribution in [-0.2, 0) is 16.4 Å². The maximum absolute atomic E-state index is 12.6. The van der Waals surface area contributed by atoms with E-state index in [9.17, 15) is 18.0 Å². The zero-order valence-electron chi connectivity index (χ0n) is 20.1. The average molecular weight is 523 g/mol. The van der Waals surface area contributed by atoms with E-state index in [1.54, 1.807) is 35.3 Å². The monoisotopic (exact) mass is 522 g/mol. The lowest BCUT2D eigenvalue weighted by atomic mass is 9.83. The quantitative estimate of drug-likeness (QED) is 0.489. The van der Waals surface area contributed by atoms with E-state index >= 15 is 0 Å². The Morgan fingerprint density at radius 2 is 1.74 bits per heavy atom. The first-order chi connectivity index (χ1) is 16.5. The van der Waals surface area contributed by atoms with Gasteiger partial charge in [-0.05, 0) is 60.6 Å². The number of hydrogen-bond acceptors (Lipinski definition) is 6. The molecule has 190 valence electrons. The molecule has 0 unspecified atom stereocenters. The van der Waals surface area contributed by atoms with Crippen LogP contribution in [0, 0.1) is 5.41 Å². The Balaban J connectivity index is 1.49. The molecular formula is C24H31ClN4O5S. The molecule has 9 nitrogen and oxygen atoms in total. The number of carbonyl (C=O) groups excluding carboxylic acids is 2. The number of benzene rings is 2. The van der Waals surface area contributed by atoms with E-state index in [2.05, 4.69) is 29.3 Å². The molecule has 0 aromatic heterocycles. The maximum Gasteiger partial charge on any atom is 0.343 e. The van der Waals surface area contributed by atoms with Gasteiger partial charge in [-0.2, -0.15) is 0 Å². The minimum Gasteiger partial charge on any atom is -0.496 e. The van der Waals surface area contributed by atoms with E-state index < -0.39 is 16.1 Å². The van der Waals surface area contributed by atoms with Gasteiger partial charge in [0.2, 0.25) is 0 Å². The summed E-state index contributed by atoms with van der Waals surface area (Å²) in [5, 5.41) is 5.00. The predicted octanol–water partition coefficient (Wildman–Crippen LogP) is 3.35. The summed E-state index contributed by atoms with van der Waals surface area (Å²) < 4.78 is 32.4. The first-order valence-electron chi connectivity index (χ1n) is 11.3. The molecule has 0 radical (unpaired) electrons. The van der Waals surface area contributed by atoms with Crippen LogP contribution in [0.25, 0.3) is 0 Å². The highest BCUT2D eigenvalue weighted by Crippen LogP contribution is 2.28. The molecule has 35 heavy (non-hydrogen) atoms. The van der Waals surface area contributed by atoms with Crippen molar-refractivity contribution in [1.82, 2.24) is 20.5 Å². The number of nitrogens with zero attached hydrogens (tertiary/aromatic N) is 1. The molecule has 2 aromatic rings. The van der Waals surface area contributed by atoms with E-state index in [-0.39, 0.29) is 16.2 Å². The van der Waals surface area contributed by atoms with E-state index in [1.165, 1.54) is 19.2 Å². The zero-order valence-corrected chi connectivity index (χ0v) is 21.6. The standard InChI is InChI=1S/C24H31ClN4O5S/c1-24(2)11-14-29(15-12-24)27-23(31)28-35(32,33)19-7-4-17(5-8-19)10-13-26-22(30)20-9-6-18(25)16-21(20)34-3/h4-9,16H,10-15H2,1-3H3,(H,26,30)(H2,27,28,31). The Labute approximate surface area is 211 Å². The molecule has 0 aliphatic carbocycles. The minimum atomic E-state index is -4.01. The van der Waals surface area contributed by atoms with Crippen LogP contribution in [-0.4, -0.2) is 52.1 Å². The number of rotatable bonds is 8. The summed E-state index contributed by atoms with van der Waals surface area (Å²) in [5.74, 6) is 0.0791. The van der Waals surface area contributed by atoms with Crippen LogP contribution in [0.2, 0.25) is 5.02 Å². The van der Waals surface area contributed by atoms with E-state index in [4.69, 9.17) is 16.3 Å². The summed E-state index contributed by atoms with van der Waals surface area (Å²) in [4.78, 5) is 24.6. The molecule has 0 saturated carbocycles. The Hall–Kier alpha value is -2.82. The molecule has 1 fully saturated rings. The van der Waals surface area contributed by atoms with Gasteiger partial charge in [0.05, 0.1) is 17.6 Å². The zero-order chi connectivity index (χ0) is 25.6. The van der Waals surface area contributed by atoms with E-state index in [0.717, 1.165) is 18.4 Å². The smallest absolute Gasteiger partial charge is 0.343 e. The summed E-state index contributed by atoms with van der Waals surface area (Å²) in [6, 6.07) is 10.1. The lowest BCUT2D eigenvalue weighted by molar-refractivity contribution is 0.0951. The largest absolute Gasteiger partial charge is 0.496 e. The third-order valence-corrected chi connectivity index (χ3v) is 7.53. The van der Waals surface area contributed by atoms with Crippen molar-refractivity contribution in [2.24, 2.45) is 5.41 Å².